The predicted molar refractivity (Wildman–Crippen MR) is 89.2 cm³/mol. The Labute approximate surface area is 145 Å². The minimum atomic E-state index is -4.45. The van der Waals surface area contributed by atoms with Crippen LogP contribution >= 0.6 is 0 Å². The van der Waals surface area contributed by atoms with E-state index >= 15 is 0 Å². The number of alkyl halides is 3. The molecular formula is C19H20F3NO2. The minimum Gasteiger partial charge on any atom is -0.481 e. The smallest absolute Gasteiger partial charge is 0.416 e. The normalized spacial score (nSPS) is 12.6. The lowest BCUT2D eigenvalue weighted by Gasteiger charge is -2.23. The summed E-state index contributed by atoms with van der Waals surface area (Å²) < 4.78 is 44.8. The second-order valence-corrected chi connectivity index (χ2v) is 5.93. The van der Waals surface area contributed by atoms with E-state index < -0.39 is 23.8 Å². The Bertz CT molecular complexity index is 743. The maximum atomic E-state index is 13.1. The van der Waals surface area contributed by atoms with E-state index in [1.54, 1.807) is 19.1 Å². The number of nitrogens with zero attached hydrogens (tertiary/aromatic N) is 1. The summed E-state index contributed by atoms with van der Waals surface area (Å²) in [6.07, 6.45) is -5.26. The van der Waals surface area contributed by atoms with E-state index in [2.05, 4.69) is 0 Å². The van der Waals surface area contributed by atoms with Gasteiger partial charge < -0.3 is 9.64 Å². The van der Waals surface area contributed by atoms with Crippen molar-refractivity contribution in [1.29, 1.82) is 0 Å². The van der Waals surface area contributed by atoms with E-state index in [1.807, 2.05) is 19.1 Å². The lowest BCUT2D eigenvalue weighted by molar-refractivity contribution is -0.141. The van der Waals surface area contributed by atoms with Crippen molar-refractivity contribution in [2.45, 2.75) is 32.7 Å². The molecule has 2 rings (SSSR count). The first-order valence-electron chi connectivity index (χ1n) is 7.82. The van der Waals surface area contributed by atoms with Crippen LogP contribution in [0.3, 0.4) is 0 Å². The van der Waals surface area contributed by atoms with Crippen molar-refractivity contribution in [2.75, 3.05) is 7.05 Å². The van der Waals surface area contributed by atoms with E-state index in [1.165, 1.54) is 30.1 Å². The van der Waals surface area contributed by atoms with Crippen LogP contribution in [-0.2, 0) is 17.5 Å². The number of hydrogen-bond donors (Lipinski definition) is 0. The van der Waals surface area contributed by atoms with Crippen LogP contribution in [0.15, 0.2) is 48.5 Å². The second kappa shape index (κ2) is 7.59. The number of carbonyl (C=O) groups is 1. The highest BCUT2D eigenvalue weighted by Gasteiger charge is 2.33. The molecule has 0 aliphatic rings. The molecule has 6 heteroatoms. The van der Waals surface area contributed by atoms with E-state index in [9.17, 15) is 18.0 Å². The van der Waals surface area contributed by atoms with Crippen LogP contribution in [0.2, 0.25) is 0 Å². The molecule has 0 saturated heterocycles. The Morgan fingerprint density at radius 2 is 1.84 bits per heavy atom. The number of halogens is 3. The summed E-state index contributed by atoms with van der Waals surface area (Å²) in [4.78, 5) is 13.7. The summed E-state index contributed by atoms with van der Waals surface area (Å²) in [5.74, 6) is 0.156. The van der Waals surface area contributed by atoms with Gasteiger partial charge in [0.15, 0.2) is 6.10 Å². The third kappa shape index (κ3) is 4.98. The first-order chi connectivity index (χ1) is 11.7. The van der Waals surface area contributed by atoms with Gasteiger partial charge in [0.1, 0.15) is 5.75 Å². The molecule has 2 aromatic carbocycles. The summed E-state index contributed by atoms with van der Waals surface area (Å²) in [7, 11) is 1.46. The molecule has 0 N–H and O–H groups in total. The zero-order chi connectivity index (χ0) is 18.6. The highest BCUT2D eigenvalue weighted by Crippen LogP contribution is 2.32. The SMILES string of the molecule is Cc1cccc(OC(C)C(=O)N(C)Cc2ccccc2C(F)(F)F)c1. The Balaban J connectivity index is 2.08. The van der Waals surface area contributed by atoms with Crippen LogP contribution in [-0.4, -0.2) is 24.0 Å². The van der Waals surface area contributed by atoms with Crippen molar-refractivity contribution in [3.8, 4) is 5.75 Å². The number of benzene rings is 2. The molecule has 0 heterocycles. The van der Waals surface area contributed by atoms with Gasteiger partial charge in [-0.1, -0.05) is 30.3 Å². The average molecular weight is 351 g/mol. The Morgan fingerprint density at radius 1 is 1.16 bits per heavy atom. The molecule has 0 aliphatic carbocycles. The van der Waals surface area contributed by atoms with Gasteiger partial charge >= 0.3 is 6.18 Å². The van der Waals surface area contributed by atoms with Gasteiger partial charge in [-0.05, 0) is 43.2 Å². The highest BCUT2D eigenvalue weighted by molar-refractivity contribution is 5.80. The third-order valence-corrected chi connectivity index (χ3v) is 3.76. The van der Waals surface area contributed by atoms with Crippen molar-refractivity contribution >= 4 is 5.91 Å². The van der Waals surface area contributed by atoms with Crippen LogP contribution in [0.1, 0.15) is 23.6 Å². The molecule has 1 unspecified atom stereocenters. The summed E-state index contributed by atoms with van der Waals surface area (Å²) in [6.45, 7) is 3.34. The Hall–Kier alpha value is -2.50. The molecule has 0 radical (unpaired) electrons. The number of rotatable bonds is 5. The van der Waals surface area contributed by atoms with Gasteiger partial charge in [-0.25, -0.2) is 0 Å². The second-order valence-electron chi connectivity index (χ2n) is 5.93. The maximum absolute atomic E-state index is 13.1. The van der Waals surface area contributed by atoms with Crippen LogP contribution < -0.4 is 4.74 Å². The van der Waals surface area contributed by atoms with Crippen molar-refractivity contribution < 1.29 is 22.7 Å². The summed E-state index contributed by atoms with van der Waals surface area (Å²) in [5.41, 5.74) is 0.306. The molecule has 25 heavy (non-hydrogen) atoms. The number of likely N-dealkylation sites (N-methyl/N-ethyl adjacent to an activating group) is 1. The minimum absolute atomic E-state index is 0.0496. The zero-order valence-electron chi connectivity index (χ0n) is 14.3. The molecule has 0 bridgehead atoms. The largest absolute Gasteiger partial charge is 0.481 e. The number of ether oxygens (including phenoxy) is 1. The number of amides is 1. The van der Waals surface area contributed by atoms with Crippen molar-refractivity contribution in [2.24, 2.45) is 0 Å². The first-order valence-corrected chi connectivity index (χ1v) is 7.82. The molecule has 1 amide bonds. The summed E-state index contributed by atoms with van der Waals surface area (Å²) in [6, 6.07) is 12.5. The fraction of sp³-hybridized carbons (Fsp3) is 0.316. The molecule has 0 aromatic heterocycles. The van der Waals surface area contributed by atoms with Gasteiger partial charge in [-0.2, -0.15) is 13.2 Å². The lowest BCUT2D eigenvalue weighted by atomic mass is 10.1. The molecule has 1 atom stereocenters. The molecule has 0 aliphatic heterocycles. The molecule has 134 valence electrons. The fourth-order valence-corrected chi connectivity index (χ4v) is 2.52. The molecular weight excluding hydrogens is 331 g/mol. The molecule has 0 spiro atoms. The topological polar surface area (TPSA) is 29.5 Å². The van der Waals surface area contributed by atoms with Crippen LogP contribution in [0.25, 0.3) is 0 Å². The maximum Gasteiger partial charge on any atom is 0.416 e. The fourth-order valence-electron chi connectivity index (χ4n) is 2.52. The monoisotopic (exact) mass is 351 g/mol. The van der Waals surface area contributed by atoms with Gasteiger partial charge in [0, 0.05) is 13.6 Å². The number of carbonyl (C=O) groups excluding carboxylic acids is 1. The molecule has 3 nitrogen and oxygen atoms in total. The van der Waals surface area contributed by atoms with Crippen LogP contribution in [0.5, 0.6) is 5.75 Å². The van der Waals surface area contributed by atoms with Crippen LogP contribution in [0.4, 0.5) is 13.2 Å². The van der Waals surface area contributed by atoms with Crippen molar-refractivity contribution in [3.63, 3.8) is 0 Å². The summed E-state index contributed by atoms with van der Waals surface area (Å²) in [5, 5.41) is 0. The first kappa shape index (κ1) is 18.8. The van der Waals surface area contributed by atoms with E-state index in [-0.39, 0.29) is 12.1 Å². The highest BCUT2D eigenvalue weighted by atomic mass is 19.4. The van der Waals surface area contributed by atoms with Crippen molar-refractivity contribution in [3.05, 3.63) is 65.2 Å². The molecule has 0 fully saturated rings. The van der Waals surface area contributed by atoms with Gasteiger partial charge in [0.05, 0.1) is 5.56 Å². The Morgan fingerprint density at radius 3 is 2.48 bits per heavy atom. The third-order valence-electron chi connectivity index (χ3n) is 3.76. The molecule has 2 aromatic rings. The van der Waals surface area contributed by atoms with Gasteiger partial charge in [0.25, 0.3) is 5.91 Å². The van der Waals surface area contributed by atoms with E-state index in [4.69, 9.17) is 4.74 Å². The summed E-state index contributed by atoms with van der Waals surface area (Å²) >= 11 is 0. The standard InChI is InChI=1S/C19H20F3NO2/c1-13-7-6-9-16(11-13)25-14(2)18(24)23(3)12-15-8-4-5-10-17(15)19(20,21)22/h4-11,14H,12H2,1-3H3. The average Bonchev–Trinajstić information content (AvgIpc) is 2.53. The molecule has 0 saturated carbocycles. The van der Waals surface area contributed by atoms with Crippen molar-refractivity contribution in [1.82, 2.24) is 4.90 Å². The van der Waals surface area contributed by atoms with Gasteiger partial charge in [-0.15, -0.1) is 0 Å². The Kier molecular flexibility index (Phi) is 5.72. The zero-order valence-corrected chi connectivity index (χ0v) is 14.3. The quantitative estimate of drug-likeness (QED) is 0.797. The van der Waals surface area contributed by atoms with Crippen LogP contribution in [0, 0.1) is 6.92 Å². The lowest BCUT2D eigenvalue weighted by Crippen LogP contribution is -2.37. The van der Waals surface area contributed by atoms with Gasteiger partial charge in [0.2, 0.25) is 0 Å². The van der Waals surface area contributed by atoms with Gasteiger partial charge in [-0.3, -0.25) is 4.79 Å². The van der Waals surface area contributed by atoms with E-state index in [0.29, 0.717) is 5.75 Å². The number of hydrogen-bond acceptors (Lipinski definition) is 2. The van der Waals surface area contributed by atoms with E-state index in [0.717, 1.165) is 11.6 Å². The predicted octanol–water partition coefficient (Wildman–Crippen LogP) is 4.44. The number of aryl methyl sites for hydroxylation is 1.